The van der Waals surface area contributed by atoms with Crippen LogP contribution in [0.25, 0.3) is 5.65 Å². The van der Waals surface area contributed by atoms with Crippen molar-refractivity contribution in [1.82, 2.24) is 19.9 Å². The third kappa shape index (κ3) is 3.89. The van der Waals surface area contributed by atoms with Gasteiger partial charge in [0, 0.05) is 23.1 Å². The van der Waals surface area contributed by atoms with E-state index in [0.717, 1.165) is 5.56 Å². The molecule has 1 aromatic carbocycles. The van der Waals surface area contributed by atoms with Gasteiger partial charge in [0.1, 0.15) is 11.4 Å². The quantitative estimate of drug-likeness (QED) is 0.548. The van der Waals surface area contributed by atoms with Crippen LogP contribution in [-0.4, -0.2) is 26.3 Å². The minimum Gasteiger partial charge on any atom is -0.402 e. The zero-order valence-corrected chi connectivity index (χ0v) is 15.0. The summed E-state index contributed by atoms with van der Waals surface area (Å²) in [6.45, 7) is 3.62. The van der Waals surface area contributed by atoms with Gasteiger partial charge in [-0.15, -0.1) is 0 Å². The molecule has 2 aromatic heterocycles. The van der Waals surface area contributed by atoms with E-state index in [1.165, 1.54) is 10.7 Å². The Morgan fingerprint density at radius 2 is 2.23 bits per heavy atom. The second-order valence-electron chi connectivity index (χ2n) is 5.72. The summed E-state index contributed by atoms with van der Waals surface area (Å²) >= 11 is 6.04. The van der Waals surface area contributed by atoms with E-state index in [-0.39, 0.29) is 5.91 Å². The summed E-state index contributed by atoms with van der Waals surface area (Å²) in [5, 5.41) is 7.43. The lowest BCUT2D eigenvalue weighted by molar-refractivity contribution is 0.0978. The molecule has 3 N–H and O–H groups in total. The molecule has 0 aliphatic heterocycles. The van der Waals surface area contributed by atoms with Crippen LogP contribution in [0.2, 0.25) is 5.02 Å². The number of aryl methyl sites for hydroxylation is 1. The monoisotopic (exact) mass is 368 g/mol. The molecule has 3 rings (SSSR count). The first-order valence-corrected chi connectivity index (χ1v) is 8.20. The molecule has 0 aliphatic rings. The summed E-state index contributed by atoms with van der Waals surface area (Å²) in [5.74, 6) is -0.0784. The van der Waals surface area contributed by atoms with Crippen molar-refractivity contribution in [2.45, 2.75) is 13.8 Å². The fourth-order valence-corrected chi connectivity index (χ4v) is 2.48. The lowest BCUT2D eigenvalue weighted by Crippen LogP contribution is -2.29. The van der Waals surface area contributed by atoms with E-state index in [0.29, 0.717) is 33.5 Å². The molecule has 0 aliphatic carbocycles. The fraction of sp³-hybridized carbons (Fsp3) is 0.111. The van der Waals surface area contributed by atoms with E-state index in [1.54, 1.807) is 43.6 Å². The van der Waals surface area contributed by atoms with Crippen molar-refractivity contribution < 1.29 is 4.79 Å². The Morgan fingerprint density at radius 3 is 3.00 bits per heavy atom. The Hall–Kier alpha value is -3.19. The minimum absolute atomic E-state index is 0.302. The zero-order chi connectivity index (χ0) is 18.7. The van der Waals surface area contributed by atoms with Gasteiger partial charge >= 0.3 is 0 Å². The highest BCUT2D eigenvalue weighted by atomic mass is 35.5. The number of halogens is 1. The summed E-state index contributed by atoms with van der Waals surface area (Å²) < 4.78 is 1.52. The number of nitrogens with one attached hydrogen (secondary N) is 1. The number of nitrogens with zero attached hydrogens (tertiary/aromatic N) is 4. The maximum atomic E-state index is 12.7. The summed E-state index contributed by atoms with van der Waals surface area (Å²) in [5.41, 5.74) is 8.63. The van der Waals surface area contributed by atoms with E-state index in [2.05, 4.69) is 20.4 Å². The van der Waals surface area contributed by atoms with Crippen LogP contribution in [0.4, 0.5) is 5.69 Å². The Morgan fingerprint density at radius 1 is 1.42 bits per heavy atom. The topological polar surface area (TPSA) is 97.7 Å². The highest BCUT2D eigenvalue weighted by molar-refractivity contribution is 6.30. The van der Waals surface area contributed by atoms with Crippen LogP contribution in [0.1, 0.15) is 22.8 Å². The van der Waals surface area contributed by atoms with Gasteiger partial charge in [0.25, 0.3) is 5.91 Å². The highest BCUT2D eigenvalue weighted by Gasteiger charge is 2.15. The molecule has 0 radical (unpaired) electrons. The number of allylic oxidation sites excluding steroid dienone is 1. The first-order valence-electron chi connectivity index (χ1n) is 7.82. The van der Waals surface area contributed by atoms with Gasteiger partial charge < -0.3 is 11.1 Å². The number of hydrogen-bond acceptors (Lipinski definition) is 5. The number of amides is 1. The van der Waals surface area contributed by atoms with Gasteiger partial charge in [-0.25, -0.2) is 14.5 Å². The standard InChI is InChI=1S/C18H17ClN6O/c1-11-4-5-13(19)9-15(11)23-16(8-12(2)20)24-18(26)14-10-22-25-7-3-6-21-17(14)25/h3-10H,20H2,1-2H3,(H,23,24,26). The van der Waals surface area contributed by atoms with Crippen LogP contribution >= 0.6 is 11.6 Å². The van der Waals surface area contributed by atoms with Gasteiger partial charge in [0.15, 0.2) is 5.65 Å². The van der Waals surface area contributed by atoms with Crippen molar-refractivity contribution in [2.75, 3.05) is 0 Å². The molecule has 132 valence electrons. The highest BCUT2D eigenvalue weighted by Crippen LogP contribution is 2.23. The molecule has 0 spiro atoms. The normalized spacial score (nSPS) is 12.4. The number of fused-ring (bicyclic) bond motifs is 1. The molecule has 8 heteroatoms. The van der Waals surface area contributed by atoms with Gasteiger partial charge in [0.05, 0.1) is 11.9 Å². The first-order chi connectivity index (χ1) is 12.4. The van der Waals surface area contributed by atoms with E-state index in [4.69, 9.17) is 17.3 Å². The Balaban J connectivity index is 1.96. The van der Waals surface area contributed by atoms with Crippen molar-refractivity contribution in [1.29, 1.82) is 0 Å². The number of aromatic nitrogens is 3. The average Bonchev–Trinajstić information content (AvgIpc) is 3.01. The molecule has 26 heavy (non-hydrogen) atoms. The molecule has 0 fully saturated rings. The Bertz CT molecular complexity index is 1030. The van der Waals surface area contributed by atoms with Crippen LogP contribution in [0.5, 0.6) is 0 Å². The number of hydrogen-bond donors (Lipinski definition) is 2. The third-order valence-corrected chi connectivity index (χ3v) is 3.78. The van der Waals surface area contributed by atoms with Gasteiger partial charge in [-0.1, -0.05) is 17.7 Å². The van der Waals surface area contributed by atoms with Crippen LogP contribution in [0.15, 0.2) is 59.6 Å². The zero-order valence-electron chi connectivity index (χ0n) is 14.3. The third-order valence-electron chi connectivity index (χ3n) is 3.54. The second-order valence-corrected chi connectivity index (χ2v) is 6.15. The molecule has 0 bridgehead atoms. The molecule has 3 aromatic rings. The van der Waals surface area contributed by atoms with Gasteiger partial charge in [-0.2, -0.15) is 5.10 Å². The molecule has 0 unspecified atom stereocenters. The summed E-state index contributed by atoms with van der Waals surface area (Å²) in [4.78, 5) is 21.3. The van der Waals surface area contributed by atoms with Gasteiger partial charge in [0.2, 0.25) is 0 Å². The number of carbonyl (C=O) groups is 1. The van der Waals surface area contributed by atoms with Crippen molar-refractivity contribution in [3.63, 3.8) is 0 Å². The second kappa shape index (κ2) is 7.37. The van der Waals surface area contributed by atoms with Crippen molar-refractivity contribution in [3.8, 4) is 0 Å². The van der Waals surface area contributed by atoms with Crippen LogP contribution in [0.3, 0.4) is 0 Å². The maximum absolute atomic E-state index is 12.7. The van der Waals surface area contributed by atoms with E-state index < -0.39 is 0 Å². The van der Waals surface area contributed by atoms with Crippen LogP contribution < -0.4 is 11.1 Å². The van der Waals surface area contributed by atoms with Crippen LogP contribution in [0, 0.1) is 6.92 Å². The van der Waals surface area contributed by atoms with Crippen molar-refractivity contribution in [3.05, 3.63) is 70.8 Å². The largest absolute Gasteiger partial charge is 0.402 e. The summed E-state index contributed by atoms with van der Waals surface area (Å²) in [6, 6.07) is 7.09. The molecule has 0 saturated heterocycles. The predicted octanol–water partition coefficient (Wildman–Crippen LogP) is 3.01. The Labute approximate surface area is 155 Å². The SMILES string of the molecule is CC(N)=CC(=Nc1cc(Cl)ccc1C)NC(=O)c1cnn2cccnc12. The number of rotatable bonds is 3. The fourth-order valence-electron chi connectivity index (χ4n) is 2.32. The van der Waals surface area contributed by atoms with E-state index >= 15 is 0 Å². The molecule has 2 heterocycles. The van der Waals surface area contributed by atoms with Gasteiger partial charge in [-0.3, -0.25) is 4.79 Å². The number of nitrogens with two attached hydrogens (primary N) is 1. The number of benzene rings is 1. The molecular weight excluding hydrogens is 352 g/mol. The number of amidine groups is 1. The lowest BCUT2D eigenvalue weighted by Gasteiger charge is -2.07. The first kappa shape index (κ1) is 17.6. The molecule has 0 atom stereocenters. The molecule has 7 nitrogen and oxygen atoms in total. The van der Waals surface area contributed by atoms with Gasteiger partial charge in [-0.05, 0) is 43.7 Å². The van der Waals surface area contributed by atoms with Crippen LogP contribution in [-0.2, 0) is 0 Å². The lowest BCUT2D eigenvalue weighted by atomic mass is 10.2. The molecule has 0 saturated carbocycles. The summed E-state index contributed by atoms with van der Waals surface area (Å²) in [7, 11) is 0. The van der Waals surface area contributed by atoms with E-state index in [1.807, 2.05) is 13.0 Å². The minimum atomic E-state index is -0.380. The van der Waals surface area contributed by atoms with Crippen molar-refractivity contribution in [2.24, 2.45) is 10.7 Å². The molecule has 1 amide bonds. The smallest absolute Gasteiger partial charge is 0.262 e. The molecular formula is C18H17ClN6O. The maximum Gasteiger partial charge on any atom is 0.262 e. The summed E-state index contributed by atoms with van der Waals surface area (Å²) in [6.07, 6.45) is 6.35. The number of carbonyl (C=O) groups excluding carboxylic acids is 1. The van der Waals surface area contributed by atoms with Crippen molar-refractivity contribution >= 4 is 34.7 Å². The Kier molecular flexibility index (Phi) is 4.99. The number of aliphatic imine (C=N–C) groups is 1. The van der Waals surface area contributed by atoms with E-state index in [9.17, 15) is 4.79 Å². The predicted molar refractivity (Wildman–Crippen MR) is 102 cm³/mol. The average molecular weight is 369 g/mol.